The molecule has 0 aromatic heterocycles. The van der Waals surface area contributed by atoms with Crippen LogP contribution in [0.2, 0.25) is 10.0 Å². The first-order chi connectivity index (χ1) is 12.4. The number of esters is 1. The van der Waals surface area contributed by atoms with Crippen molar-refractivity contribution >= 4 is 41.3 Å². The van der Waals surface area contributed by atoms with Crippen molar-refractivity contribution in [2.75, 3.05) is 7.11 Å². The summed E-state index contributed by atoms with van der Waals surface area (Å²) in [7, 11) is 1.40. The van der Waals surface area contributed by atoms with Crippen molar-refractivity contribution in [1.29, 1.82) is 0 Å². The molecule has 134 valence electrons. The fourth-order valence-corrected chi connectivity index (χ4v) is 2.43. The molecule has 0 aliphatic carbocycles. The zero-order valence-corrected chi connectivity index (χ0v) is 15.0. The molecule has 2 aromatic rings. The third-order valence-corrected chi connectivity index (χ3v) is 3.71. The van der Waals surface area contributed by atoms with Crippen LogP contribution in [0.3, 0.4) is 0 Å². The van der Waals surface area contributed by atoms with E-state index in [2.05, 4.69) is 0 Å². The molecule has 0 N–H and O–H groups in total. The van der Waals surface area contributed by atoms with Gasteiger partial charge in [-0.2, -0.15) is 0 Å². The van der Waals surface area contributed by atoms with Crippen LogP contribution in [-0.2, 0) is 4.79 Å². The highest BCUT2D eigenvalue weighted by atomic mass is 35.5. The molecular formula is C18H13Cl2NO5. The van der Waals surface area contributed by atoms with Gasteiger partial charge in [-0.3, -0.25) is 10.1 Å². The smallest absolute Gasteiger partial charge is 0.336 e. The second-order valence-corrected chi connectivity index (χ2v) is 5.78. The van der Waals surface area contributed by atoms with E-state index in [0.717, 1.165) is 6.20 Å². The molecular weight excluding hydrogens is 381 g/mol. The zero-order chi connectivity index (χ0) is 19.1. The Morgan fingerprint density at radius 1 is 1.12 bits per heavy atom. The monoisotopic (exact) mass is 393 g/mol. The van der Waals surface area contributed by atoms with E-state index in [9.17, 15) is 14.9 Å². The van der Waals surface area contributed by atoms with Crippen LogP contribution >= 0.6 is 23.2 Å². The number of nitrogens with zero attached hydrogens (tertiary/aromatic N) is 1. The second-order valence-electron chi connectivity index (χ2n) is 4.93. The first-order valence-electron chi connectivity index (χ1n) is 7.23. The minimum atomic E-state index is -0.636. The quantitative estimate of drug-likeness (QED) is 0.230. The van der Waals surface area contributed by atoms with Gasteiger partial charge < -0.3 is 9.47 Å². The van der Waals surface area contributed by atoms with Gasteiger partial charge in [0.2, 0.25) is 6.20 Å². The predicted octanol–water partition coefficient (Wildman–Crippen LogP) is 4.87. The number of hydrogen-bond donors (Lipinski definition) is 0. The van der Waals surface area contributed by atoms with Gasteiger partial charge in [-0.1, -0.05) is 35.3 Å². The molecule has 0 radical (unpaired) electrons. The van der Waals surface area contributed by atoms with Crippen LogP contribution in [-0.4, -0.2) is 18.0 Å². The molecule has 2 aromatic carbocycles. The summed E-state index contributed by atoms with van der Waals surface area (Å²) in [6.45, 7) is 0. The minimum absolute atomic E-state index is 0.183. The molecule has 0 amide bonds. The number of rotatable bonds is 6. The number of halogens is 2. The highest BCUT2D eigenvalue weighted by Crippen LogP contribution is 2.29. The summed E-state index contributed by atoms with van der Waals surface area (Å²) in [5.41, 5.74) is 1.14. The standard InChI is InChI=1S/C18H13Cl2NO5/c1-25-17-10-12(8-9-21(23)24)2-6-16(17)26-18(22)7-4-13-3-5-14(19)11-15(13)20/h2-11H,1H3/b7-4+,9-8+. The van der Waals surface area contributed by atoms with E-state index in [1.807, 2.05) is 0 Å². The Hall–Kier alpha value is -2.83. The van der Waals surface area contributed by atoms with Crippen molar-refractivity contribution in [2.45, 2.75) is 0 Å². The first kappa shape index (κ1) is 19.5. The van der Waals surface area contributed by atoms with Crippen molar-refractivity contribution in [3.63, 3.8) is 0 Å². The molecule has 0 saturated carbocycles. The summed E-state index contributed by atoms with van der Waals surface area (Å²) >= 11 is 11.8. The number of carbonyl (C=O) groups excluding carboxylic acids is 1. The molecule has 0 heterocycles. The third-order valence-electron chi connectivity index (χ3n) is 3.15. The molecule has 0 bridgehead atoms. The van der Waals surface area contributed by atoms with Crippen LogP contribution in [0.1, 0.15) is 11.1 Å². The molecule has 26 heavy (non-hydrogen) atoms. The maximum Gasteiger partial charge on any atom is 0.336 e. The van der Waals surface area contributed by atoms with E-state index in [0.29, 0.717) is 21.2 Å². The van der Waals surface area contributed by atoms with Gasteiger partial charge in [0.15, 0.2) is 11.5 Å². The maximum absolute atomic E-state index is 12.0. The largest absolute Gasteiger partial charge is 0.493 e. The van der Waals surface area contributed by atoms with Gasteiger partial charge in [-0.05, 0) is 41.5 Å². The van der Waals surface area contributed by atoms with E-state index < -0.39 is 10.9 Å². The Kier molecular flexibility index (Phi) is 6.77. The van der Waals surface area contributed by atoms with Gasteiger partial charge in [-0.15, -0.1) is 0 Å². The predicted molar refractivity (Wildman–Crippen MR) is 100 cm³/mol. The number of nitro groups is 1. The lowest BCUT2D eigenvalue weighted by Crippen LogP contribution is -2.05. The van der Waals surface area contributed by atoms with Crippen molar-refractivity contribution in [1.82, 2.24) is 0 Å². The molecule has 8 heteroatoms. The van der Waals surface area contributed by atoms with E-state index in [1.165, 1.54) is 37.5 Å². The summed E-state index contributed by atoms with van der Waals surface area (Å²) in [4.78, 5) is 21.8. The Morgan fingerprint density at radius 2 is 1.88 bits per heavy atom. The lowest BCUT2D eigenvalue weighted by atomic mass is 10.2. The fourth-order valence-electron chi connectivity index (χ4n) is 1.96. The Bertz CT molecular complexity index is 893. The Balaban J connectivity index is 2.12. The van der Waals surface area contributed by atoms with Crippen LogP contribution in [0.15, 0.2) is 48.7 Å². The highest BCUT2D eigenvalue weighted by molar-refractivity contribution is 6.35. The molecule has 2 rings (SSSR count). The van der Waals surface area contributed by atoms with Crippen LogP contribution in [0.5, 0.6) is 11.5 Å². The van der Waals surface area contributed by atoms with Crippen LogP contribution in [0.4, 0.5) is 0 Å². The minimum Gasteiger partial charge on any atom is -0.493 e. The molecule has 0 fully saturated rings. The fraction of sp³-hybridized carbons (Fsp3) is 0.0556. The van der Waals surface area contributed by atoms with Gasteiger partial charge in [0.05, 0.1) is 12.0 Å². The van der Waals surface area contributed by atoms with Gasteiger partial charge >= 0.3 is 5.97 Å². The van der Waals surface area contributed by atoms with Crippen molar-refractivity contribution in [2.24, 2.45) is 0 Å². The average molecular weight is 394 g/mol. The highest BCUT2D eigenvalue weighted by Gasteiger charge is 2.09. The molecule has 6 nitrogen and oxygen atoms in total. The van der Waals surface area contributed by atoms with Crippen molar-refractivity contribution < 1.29 is 19.2 Å². The van der Waals surface area contributed by atoms with Gasteiger partial charge in [0, 0.05) is 22.2 Å². The van der Waals surface area contributed by atoms with Gasteiger partial charge in [0.25, 0.3) is 0 Å². The molecule has 0 unspecified atom stereocenters. The SMILES string of the molecule is COc1cc(/C=C/[N+](=O)[O-])ccc1OC(=O)/C=C/c1ccc(Cl)cc1Cl. The normalized spacial score (nSPS) is 11.0. The summed E-state index contributed by atoms with van der Waals surface area (Å²) in [5.74, 6) is -0.188. The van der Waals surface area contributed by atoms with E-state index in [1.54, 1.807) is 24.3 Å². The average Bonchev–Trinajstić information content (AvgIpc) is 2.60. The summed E-state index contributed by atoms with van der Waals surface area (Å²) < 4.78 is 10.4. The summed E-state index contributed by atoms with van der Waals surface area (Å²) in [6, 6.07) is 9.45. The second kappa shape index (κ2) is 9.03. The van der Waals surface area contributed by atoms with E-state index in [-0.39, 0.29) is 11.5 Å². The number of methoxy groups -OCH3 is 1. The molecule has 0 spiro atoms. The number of benzene rings is 2. The van der Waals surface area contributed by atoms with Crippen molar-refractivity contribution in [3.05, 3.63) is 80.0 Å². The topological polar surface area (TPSA) is 78.7 Å². The third kappa shape index (κ3) is 5.61. The lowest BCUT2D eigenvalue weighted by Gasteiger charge is -2.08. The van der Waals surface area contributed by atoms with Gasteiger partial charge in [-0.25, -0.2) is 4.79 Å². The van der Waals surface area contributed by atoms with Crippen LogP contribution in [0, 0.1) is 10.1 Å². The summed E-state index contributed by atoms with van der Waals surface area (Å²) in [5, 5.41) is 11.3. The molecule has 0 aliphatic rings. The zero-order valence-electron chi connectivity index (χ0n) is 13.5. The number of ether oxygens (including phenoxy) is 2. The van der Waals surface area contributed by atoms with Crippen LogP contribution < -0.4 is 9.47 Å². The summed E-state index contributed by atoms with van der Waals surface area (Å²) in [6.07, 6.45) is 4.83. The number of carbonyl (C=O) groups is 1. The maximum atomic E-state index is 12.0. The number of hydrogen-bond acceptors (Lipinski definition) is 5. The van der Waals surface area contributed by atoms with E-state index in [4.69, 9.17) is 32.7 Å². The lowest BCUT2D eigenvalue weighted by molar-refractivity contribution is -0.400. The van der Waals surface area contributed by atoms with Crippen molar-refractivity contribution in [3.8, 4) is 11.5 Å². The molecule has 0 saturated heterocycles. The van der Waals surface area contributed by atoms with E-state index >= 15 is 0 Å². The Morgan fingerprint density at radius 3 is 2.54 bits per heavy atom. The molecule has 0 aliphatic heterocycles. The van der Waals surface area contributed by atoms with Gasteiger partial charge in [0.1, 0.15) is 0 Å². The Labute approximate surface area is 159 Å². The first-order valence-corrected chi connectivity index (χ1v) is 7.99. The molecule has 0 atom stereocenters. The van der Waals surface area contributed by atoms with Crippen LogP contribution in [0.25, 0.3) is 12.2 Å².